The second-order valence-electron chi connectivity index (χ2n) is 10.0. The van der Waals surface area contributed by atoms with Crippen LogP contribution >= 0.6 is 0 Å². The predicted octanol–water partition coefficient (Wildman–Crippen LogP) is 8.17. The van der Waals surface area contributed by atoms with E-state index in [4.69, 9.17) is 0 Å². The molecule has 2 N–H and O–H groups in total. The van der Waals surface area contributed by atoms with E-state index in [1.54, 1.807) is 23.1 Å². The first-order chi connectivity index (χ1) is 20.0. The standard InChI is InChI=1S/C36H28N2O3/c1-24-31-19-17-28(23-27(31)18-20-34(24)39)36(41)37-29-12-7-9-25(21-29)22-35(40)38(30-13-3-2-4-14-30)33-16-8-11-26-10-5-6-15-32(26)33/h2-21,23,39H,22H2,1H3,(H,37,41). The highest BCUT2D eigenvalue weighted by molar-refractivity contribution is 6.09. The number of hydrogen-bond donors (Lipinski definition) is 2. The lowest BCUT2D eigenvalue weighted by Gasteiger charge is -2.25. The molecule has 41 heavy (non-hydrogen) atoms. The number of nitrogens with one attached hydrogen (secondary N) is 1. The van der Waals surface area contributed by atoms with E-state index in [9.17, 15) is 14.7 Å². The Morgan fingerprint density at radius 1 is 0.707 bits per heavy atom. The van der Waals surface area contributed by atoms with Crippen LogP contribution < -0.4 is 10.2 Å². The van der Waals surface area contributed by atoms with Crippen molar-refractivity contribution < 1.29 is 14.7 Å². The number of para-hydroxylation sites is 1. The van der Waals surface area contributed by atoms with Gasteiger partial charge in [-0.1, -0.05) is 78.9 Å². The number of carbonyl (C=O) groups is 2. The van der Waals surface area contributed by atoms with E-state index in [1.807, 2.05) is 116 Å². The Hall–Kier alpha value is -5.42. The van der Waals surface area contributed by atoms with Gasteiger partial charge in [0.05, 0.1) is 12.1 Å². The summed E-state index contributed by atoms with van der Waals surface area (Å²) in [5.41, 5.74) is 4.30. The largest absolute Gasteiger partial charge is 0.508 e. The van der Waals surface area contributed by atoms with Gasteiger partial charge in [-0.2, -0.15) is 0 Å². The van der Waals surface area contributed by atoms with Crippen LogP contribution in [0.5, 0.6) is 5.75 Å². The Balaban J connectivity index is 1.26. The molecule has 0 heterocycles. The molecule has 0 unspecified atom stereocenters. The maximum atomic E-state index is 13.9. The summed E-state index contributed by atoms with van der Waals surface area (Å²) in [6, 6.07) is 39.9. The quantitative estimate of drug-likeness (QED) is 0.226. The van der Waals surface area contributed by atoms with Crippen molar-refractivity contribution in [2.75, 3.05) is 10.2 Å². The van der Waals surface area contributed by atoms with Gasteiger partial charge in [-0.25, -0.2) is 0 Å². The summed E-state index contributed by atoms with van der Waals surface area (Å²) in [4.78, 5) is 28.8. The number of hydrogen-bond acceptors (Lipinski definition) is 3. The first kappa shape index (κ1) is 25.8. The molecule has 0 fully saturated rings. The molecule has 0 atom stereocenters. The van der Waals surface area contributed by atoms with Crippen molar-refractivity contribution in [2.24, 2.45) is 0 Å². The van der Waals surface area contributed by atoms with Gasteiger partial charge in [-0.3, -0.25) is 14.5 Å². The molecule has 0 aliphatic carbocycles. The van der Waals surface area contributed by atoms with Gasteiger partial charge in [0.1, 0.15) is 5.75 Å². The minimum absolute atomic E-state index is 0.0795. The minimum Gasteiger partial charge on any atom is -0.508 e. The van der Waals surface area contributed by atoms with Crippen molar-refractivity contribution in [2.45, 2.75) is 13.3 Å². The summed E-state index contributed by atoms with van der Waals surface area (Å²) in [6.07, 6.45) is 0.153. The number of carbonyl (C=O) groups excluding carboxylic acids is 2. The third-order valence-electron chi connectivity index (χ3n) is 7.33. The van der Waals surface area contributed by atoms with Crippen molar-refractivity contribution in [3.05, 3.63) is 144 Å². The summed E-state index contributed by atoms with van der Waals surface area (Å²) < 4.78 is 0. The molecule has 0 radical (unpaired) electrons. The predicted molar refractivity (Wildman–Crippen MR) is 166 cm³/mol. The number of nitrogens with zero attached hydrogens (tertiary/aromatic N) is 1. The summed E-state index contributed by atoms with van der Waals surface area (Å²) in [5.74, 6) is -0.0979. The number of amides is 2. The van der Waals surface area contributed by atoms with Gasteiger partial charge in [-0.15, -0.1) is 0 Å². The molecule has 2 amide bonds. The fourth-order valence-corrected chi connectivity index (χ4v) is 5.23. The van der Waals surface area contributed by atoms with E-state index in [0.29, 0.717) is 11.3 Å². The van der Waals surface area contributed by atoms with Gasteiger partial charge in [0.25, 0.3) is 5.91 Å². The molecule has 0 aliphatic heterocycles. The Labute approximate surface area is 238 Å². The molecule has 0 aliphatic rings. The average molecular weight is 537 g/mol. The number of anilines is 3. The number of phenolic OH excluding ortho intramolecular Hbond substituents is 1. The van der Waals surface area contributed by atoms with Crippen LogP contribution in [0.4, 0.5) is 17.1 Å². The smallest absolute Gasteiger partial charge is 0.255 e. The number of phenols is 1. The van der Waals surface area contributed by atoms with E-state index in [-0.39, 0.29) is 24.0 Å². The van der Waals surface area contributed by atoms with Crippen LogP contribution in [0.1, 0.15) is 21.5 Å². The Morgan fingerprint density at radius 2 is 1.46 bits per heavy atom. The number of benzene rings is 6. The van der Waals surface area contributed by atoms with Gasteiger partial charge in [-0.05, 0) is 82.7 Å². The number of fused-ring (bicyclic) bond motifs is 2. The zero-order chi connectivity index (χ0) is 28.3. The zero-order valence-electron chi connectivity index (χ0n) is 22.5. The van der Waals surface area contributed by atoms with Gasteiger partial charge >= 0.3 is 0 Å². The summed E-state index contributed by atoms with van der Waals surface area (Å²) in [7, 11) is 0. The first-order valence-corrected chi connectivity index (χ1v) is 13.5. The highest BCUT2D eigenvalue weighted by Crippen LogP contribution is 2.33. The Morgan fingerprint density at radius 3 is 2.32 bits per heavy atom. The second-order valence-corrected chi connectivity index (χ2v) is 10.0. The zero-order valence-corrected chi connectivity index (χ0v) is 22.5. The van der Waals surface area contributed by atoms with E-state index >= 15 is 0 Å². The van der Waals surface area contributed by atoms with Crippen molar-refractivity contribution in [1.82, 2.24) is 0 Å². The van der Waals surface area contributed by atoms with Gasteiger partial charge in [0, 0.05) is 22.3 Å². The van der Waals surface area contributed by atoms with Crippen LogP contribution in [-0.2, 0) is 11.2 Å². The van der Waals surface area contributed by atoms with Crippen LogP contribution in [0.2, 0.25) is 0 Å². The van der Waals surface area contributed by atoms with Crippen molar-refractivity contribution >= 4 is 50.4 Å². The number of aromatic hydroxyl groups is 1. The van der Waals surface area contributed by atoms with Crippen molar-refractivity contribution in [3.8, 4) is 5.75 Å². The Bertz CT molecular complexity index is 1910. The fraction of sp³-hybridized carbons (Fsp3) is 0.0556. The average Bonchev–Trinajstić information content (AvgIpc) is 3.00. The fourth-order valence-electron chi connectivity index (χ4n) is 5.23. The molecule has 5 nitrogen and oxygen atoms in total. The van der Waals surface area contributed by atoms with Crippen molar-refractivity contribution in [3.63, 3.8) is 0 Å². The van der Waals surface area contributed by atoms with Gasteiger partial charge < -0.3 is 10.4 Å². The van der Waals surface area contributed by atoms with Crippen LogP contribution in [0.25, 0.3) is 21.5 Å². The molecular formula is C36H28N2O3. The molecule has 0 saturated heterocycles. The lowest BCUT2D eigenvalue weighted by Crippen LogP contribution is -2.27. The molecule has 0 bridgehead atoms. The molecule has 6 aromatic rings. The lowest BCUT2D eigenvalue weighted by molar-refractivity contribution is -0.117. The van der Waals surface area contributed by atoms with Crippen molar-refractivity contribution in [1.29, 1.82) is 0 Å². The topological polar surface area (TPSA) is 69.6 Å². The summed E-state index contributed by atoms with van der Waals surface area (Å²) >= 11 is 0. The highest BCUT2D eigenvalue weighted by Gasteiger charge is 2.20. The second kappa shape index (κ2) is 11.0. The molecule has 0 aromatic heterocycles. The maximum absolute atomic E-state index is 13.9. The Kier molecular flexibility index (Phi) is 6.92. The summed E-state index contributed by atoms with van der Waals surface area (Å²) in [6.45, 7) is 1.85. The molecule has 6 rings (SSSR count). The van der Waals surface area contributed by atoms with Crippen LogP contribution in [0.15, 0.2) is 127 Å². The van der Waals surface area contributed by atoms with E-state index in [2.05, 4.69) is 5.32 Å². The third kappa shape index (κ3) is 5.25. The normalized spacial score (nSPS) is 11.0. The minimum atomic E-state index is -0.247. The molecule has 200 valence electrons. The highest BCUT2D eigenvalue weighted by atomic mass is 16.3. The summed E-state index contributed by atoms with van der Waals surface area (Å²) in [5, 5.41) is 16.8. The van der Waals surface area contributed by atoms with E-state index in [0.717, 1.165) is 44.0 Å². The SMILES string of the molecule is Cc1c(O)ccc2cc(C(=O)Nc3cccc(CC(=O)N(c4ccccc4)c4cccc5ccccc45)c3)ccc12. The van der Waals surface area contributed by atoms with Crippen LogP contribution in [-0.4, -0.2) is 16.9 Å². The van der Waals surface area contributed by atoms with Gasteiger partial charge in [0.15, 0.2) is 0 Å². The van der Waals surface area contributed by atoms with E-state index in [1.165, 1.54) is 0 Å². The van der Waals surface area contributed by atoms with Crippen LogP contribution in [0, 0.1) is 6.92 Å². The molecular weight excluding hydrogens is 508 g/mol. The molecule has 0 saturated carbocycles. The monoisotopic (exact) mass is 536 g/mol. The molecule has 0 spiro atoms. The van der Waals surface area contributed by atoms with Gasteiger partial charge in [0.2, 0.25) is 5.91 Å². The van der Waals surface area contributed by atoms with E-state index < -0.39 is 0 Å². The number of aryl methyl sites for hydroxylation is 1. The first-order valence-electron chi connectivity index (χ1n) is 13.5. The van der Waals surface area contributed by atoms with Crippen LogP contribution in [0.3, 0.4) is 0 Å². The maximum Gasteiger partial charge on any atom is 0.255 e. The third-order valence-corrected chi connectivity index (χ3v) is 7.33. The lowest BCUT2D eigenvalue weighted by atomic mass is 10.0. The number of rotatable bonds is 6. The molecule has 5 heteroatoms. The molecule has 6 aromatic carbocycles.